The summed E-state index contributed by atoms with van der Waals surface area (Å²) in [6.45, 7) is 0.124. The molecular weight excluding hydrogens is 264 g/mol. The van der Waals surface area contributed by atoms with E-state index in [9.17, 15) is 19.7 Å². The second-order valence-electron chi connectivity index (χ2n) is 4.09. The fourth-order valence-corrected chi connectivity index (χ4v) is 1.38. The first-order valence-corrected chi connectivity index (χ1v) is 5.79. The zero-order chi connectivity index (χ0) is 15.1. The van der Waals surface area contributed by atoms with Gasteiger partial charge in [-0.1, -0.05) is 0 Å². The lowest BCUT2D eigenvalue weighted by atomic mass is 10.2. The van der Waals surface area contributed by atoms with Gasteiger partial charge in [0.2, 0.25) is 5.91 Å². The standard InChI is InChI=1S/C13H14N2O5/c1-14(9-8-13(17)18)12(16)7-4-10-2-5-11(6-3-10)15(19)20/h2-7H,8-9H2,1H3,(H,17,18)/b7-4+. The number of nitro benzene ring substituents is 1. The molecular formula is C13H14N2O5. The zero-order valence-electron chi connectivity index (χ0n) is 10.9. The molecule has 0 fully saturated rings. The Hall–Kier alpha value is -2.70. The largest absolute Gasteiger partial charge is 0.481 e. The van der Waals surface area contributed by atoms with Crippen molar-refractivity contribution in [3.8, 4) is 0 Å². The van der Waals surface area contributed by atoms with E-state index in [-0.39, 0.29) is 24.6 Å². The average Bonchev–Trinajstić information content (AvgIpc) is 2.42. The summed E-state index contributed by atoms with van der Waals surface area (Å²) in [5, 5.41) is 19.0. The maximum absolute atomic E-state index is 11.6. The maximum atomic E-state index is 11.6. The normalized spacial score (nSPS) is 10.4. The van der Waals surface area contributed by atoms with Gasteiger partial charge in [0.05, 0.1) is 11.3 Å². The number of hydrogen-bond acceptors (Lipinski definition) is 4. The fraction of sp³-hybridized carbons (Fsp3) is 0.231. The van der Waals surface area contributed by atoms with E-state index in [1.807, 2.05) is 0 Å². The van der Waals surface area contributed by atoms with Gasteiger partial charge in [-0.25, -0.2) is 0 Å². The van der Waals surface area contributed by atoms with E-state index in [0.717, 1.165) is 0 Å². The Morgan fingerprint density at radius 2 is 1.95 bits per heavy atom. The van der Waals surface area contributed by atoms with Crippen LogP contribution in [0.4, 0.5) is 5.69 Å². The van der Waals surface area contributed by atoms with Crippen molar-refractivity contribution in [2.45, 2.75) is 6.42 Å². The van der Waals surface area contributed by atoms with Gasteiger partial charge in [0.15, 0.2) is 0 Å². The molecule has 1 rings (SSSR count). The average molecular weight is 278 g/mol. The van der Waals surface area contributed by atoms with Crippen LogP contribution in [-0.4, -0.2) is 40.4 Å². The summed E-state index contributed by atoms with van der Waals surface area (Å²) in [5.41, 5.74) is 0.627. The van der Waals surface area contributed by atoms with Crippen molar-refractivity contribution in [3.63, 3.8) is 0 Å². The van der Waals surface area contributed by atoms with Crippen molar-refractivity contribution >= 4 is 23.6 Å². The third-order valence-electron chi connectivity index (χ3n) is 2.56. The SMILES string of the molecule is CN(CCC(=O)O)C(=O)/C=C/c1ccc([N+](=O)[O-])cc1. The number of aliphatic carboxylic acids is 1. The minimum Gasteiger partial charge on any atom is -0.481 e. The number of nitrogens with zero attached hydrogens (tertiary/aromatic N) is 2. The van der Waals surface area contributed by atoms with Crippen LogP contribution in [0.1, 0.15) is 12.0 Å². The number of carbonyl (C=O) groups excluding carboxylic acids is 1. The first-order valence-electron chi connectivity index (χ1n) is 5.79. The highest BCUT2D eigenvalue weighted by atomic mass is 16.6. The van der Waals surface area contributed by atoms with Crippen molar-refractivity contribution < 1.29 is 19.6 Å². The van der Waals surface area contributed by atoms with Crippen LogP contribution in [0.3, 0.4) is 0 Å². The lowest BCUT2D eigenvalue weighted by Gasteiger charge is -2.13. The number of carboxylic acid groups (broad SMARTS) is 1. The van der Waals surface area contributed by atoms with Crippen LogP contribution in [0.15, 0.2) is 30.3 Å². The van der Waals surface area contributed by atoms with E-state index in [4.69, 9.17) is 5.11 Å². The van der Waals surface area contributed by atoms with Gasteiger partial charge >= 0.3 is 5.97 Å². The van der Waals surface area contributed by atoms with Crippen LogP contribution in [0, 0.1) is 10.1 Å². The van der Waals surface area contributed by atoms with E-state index >= 15 is 0 Å². The molecule has 0 aliphatic rings. The summed E-state index contributed by atoms with van der Waals surface area (Å²) in [5.74, 6) is -1.30. The number of benzene rings is 1. The predicted molar refractivity (Wildman–Crippen MR) is 72.0 cm³/mol. The van der Waals surface area contributed by atoms with Crippen molar-refractivity contribution in [3.05, 3.63) is 46.0 Å². The Kier molecular flexibility index (Phi) is 5.40. The number of hydrogen-bond donors (Lipinski definition) is 1. The molecule has 0 aliphatic carbocycles. The van der Waals surface area contributed by atoms with E-state index in [1.54, 1.807) is 0 Å². The molecule has 0 atom stereocenters. The van der Waals surface area contributed by atoms with Gasteiger partial charge in [0.25, 0.3) is 5.69 Å². The molecule has 0 unspecified atom stereocenters. The molecule has 0 bridgehead atoms. The second kappa shape index (κ2) is 7.03. The van der Waals surface area contributed by atoms with Gasteiger partial charge in [-0.2, -0.15) is 0 Å². The van der Waals surface area contributed by atoms with Crippen LogP contribution in [-0.2, 0) is 9.59 Å². The van der Waals surface area contributed by atoms with Gasteiger partial charge in [-0.3, -0.25) is 19.7 Å². The van der Waals surface area contributed by atoms with Crippen LogP contribution in [0.5, 0.6) is 0 Å². The molecule has 0 saturated carbocycles. The minimum atomic E-state index is -0.969. The lowest BCUT2D eigenvalue weighted by Crippen LogP contribution is -2.27. The Bertz CT molecular complexity index is 536. The topological polar surface area (TPSA) is 101 Å². The highest BCUT2D eigenvalue weighted by molar-refractivity contribution is 5.91. The first-order chi connectivity index (χ1) is 9.40. The Balaban J connectivity index is 2.60. The third-order valence-corrected chi connectivity index (χ3v) is 2.56. The molecule has 1 aromatic carbocycles. The van der Waals surface area contributed by atoms with Gasteiger partial charge in [-0.05, 0) is 23.8 Å². The summed E-state index contributed by atoms with van der Waals surface area (Å²) >= 11 is 0. The monoisotopic (exact) mass is 278 g/mol. The van der Waals surface area contributed by atoms with Crippen molar-refractivity contribution in [1.82, 2.24) is 4.90 Å². The number of carbonyl (C=O) groups is 2. The summed E-state index contributed by atoms with van der Waals surface area (Å²) in [4.78, 5) is 33.3. The number of likely N-dealkylation sites (N-methyl/N-ethyl adjacent to an activating group) is 1. The summed E-state index contributed by atoms with van der Waals surface area (Å²) in [7, 11) is 1.51. The molecule has 1 N–H and O–H groups in total. The molecule has 106 valence electrons. The minimum absolute atomic E-state index is 0.0212. The van der Waals surface area contributed by atoms with Crippen molar-refractivity contribution in [2.24, 2.45) is 0 Å². The molecule has 20 heavy (non-hydrogen) atoms. The number of rotatable bonds is 6. The summed E-state index contributed by atoms with van der Waals surface area (Å²) in [6, 6.07) is 5.74. The second-order valence-corrected chi connectivity index (χ2v) is 4.09. The number of amides is 1. The quantitative estimate of drug-likeness (QED) is 0.483. The highest BCUT2D eigenvalue weighted by Gasteiger charge is 2.07. The maximum Gasteiger partial charge on any atom is 0.305 e. The molecule has 0 saturated heterocycles. The predicted octanol–water partition coefficient (Wildman–Crippen LogP) is 1.54. The third kappa shape index (κ3) is 4.89. The van der Waals surface area contributed by atoms with Crippen molar-refractivity contribution in [1.29, 1.82) is 0 Å². The van der Waals surface area contributed by atoms with Crippen LogP contribution < -0.4 is 0 Å². The molecule has 7 nitrogen and oxygen atoms in total. The van der Waals surface area contributed by atoms with Gasteiger partial charge in [0, 0.05) is 31.8 Å². The Labute approximate surface area is 115 Å². The number of carboxylic acids is 1. The van der Waals surface area contributed by atoms with Gasteiger partial charge in [0.1, 0.15) is 0 Å². The Morgan fingerprint density at radius 1 is 1.35 bits per heavy atom. The summed E-state index contributed by atoms with van der Waals surface area (Å²) in [6.07, 6.45) is 2.69. The van der Waals surface area contributed by atoms with E-state index in [2.05, 4.69) is 0 Å². The van der Waals surface area contributed by atoms with Crippen LogP contribution in [0.2, 0.25) is 0 Å². The van der Waals surface area contributed by atoms with E-state index in [1.165, 1.54) is 48.4 Å². The van der Waals surface area contributed by atoms with Crippen LogP contribution in [0.25, 0.3) is 6.08 Å². The van der Waals surface area contributed by atoms with Gasteiger partial charge in [-0.15, -0.1) is 0 Å². The van der Waals surface area contributed by atoms with E-state index < -0.39 is 10.9 Å². The first kappa shape index (κ1) is 15.4. The molecule has 1 aromatic rings. The van der Waals surface area contributed by atoms with Crippen molar-refractivity contribution in [2.75, 3.05) is 13.6 Å². The molecule has 0 aromatic heterocycles. The molecule has 0 aliphatic heterocycles. The number of nitro groups is 1. The molecule has 1 amide bonds. The molecule has 7 heteroatoms. The Morgan fingerprint density at radius 3 is 2.45 bits per heavy atom. The van der Waals surface area contributed by atoms with E-state index in [0.29, 0.717) is 5.56 Å². The smallest absolute Gasteiger partial charge is 0.305 e. The molecule has 0 heterocycles. The molecule has 0 radical (unpaired) electrons. The highest BCUT2D eigenvalue weighted by Crippen LogP contribution is 2.12. The number of non-ortho nitro benzene ring substituents is 1. The zero-order valence-corrected chi connectivity index (χ0v) is 10.9. The summed E-state index contributed by atoms with van der Waals surface area (Å²) < 4.78 is 0. The van der Waals surface area contributed by atoms with Gasteiger partial charge < -0.3 is 10.0 Å². The van der Waals surface area contributed by atoms with Crippen LogP contribution >= 0.6 is 0 Å². The lowest BCUT2D eigenvalue weighted by molar-refractivity contribution is -0.384. The molecule has 0 spiro atoms. The fourth-order valence-electron chi connectivity index (χ4n) is 1.38.